The minimum atomic E-state index is -0.0235. The van der Waals surface area contributed by atoms with Crippen LogP contribution in [0.4, 0.5) is 5.13 Å². The third kappa shape index (κ3) is 3.70. The Labute approximate surface area is 175 Å². The number of anilines is 1. The topological polar surface area (TPSA) is 57.4 Å². The van der Waals surface area contributed by atoms with E-state index in [0.29, 0.717) is 5.92 Å². The number of aliphatic hydroxyl groups excluding tert-OH is 1. The second kappa shape index (κ2) is 7.89. The Hall–Kier alpha value is -2.22. The van der Waals surface area contributed by atoms with Crippen LogP contribution in [0.1, 0.15) is 6.42 Å². The van der Waals surface area contributed by atoms with Crippen molar-refractivity contribution in [2.45, 2.75) is 13.0 Å². The van der Waals surface area contributed by atoms with Gasteiger partial charge in [-0.3, -0.25) is 4.68 Å². The zero-order valence-corrected chi connectivity index (χ0v) is 17.3. The zero-order valence-electron chi connectivity index (χ0n) is 16.5. The van der Waals surface area contributed by atoms with Crippen LogP contribution in [0.15, 0.2) is 54.2 Å². The van der Waals surface area contributed by atoms with Crippen molar-refractivity contribution in [2.75, 3.05) is 44.2 Å². The first kappa shape index (κ1) is 18.8. The van der Waals surface area contributed by atoms with E-state index in [9.17, 15) is 5.11 Å². The van der Waals surface area contributed by atoms with Gasteiger partial charge in [0.2, 0.25) is 0 Å². The molecule has 2 saturated heterocycles. The third-order valence-corrected chi connectivity index (χ3v) is 7.30. The lowest BCUT2D eigenvalue weighted by atomic mass is 9.82. The Balaban J connectivity index is 1.21. The fourth-order valence-electron chi connectivity index (χ4n) is 4.87. The minimum Gasteiger partial charge on any atom is -0.396 e. The van der Waals surface area contributed by atoms with Gasteiger partial charge < -0.3 is 14.9 Å². The summed E-state index contributed by atoms with van der Waals surface area (Å²) < 4.78 is 1.99. The summed E-state index contributed by atoms with van der Waals surface area (Å²) in [5.74, 6) is 0.501. The number of aliphatic hydroxyl groups is 1. The Morgan fingerprint density at radius 3 is 2.76 bits per heavy atom. The number of hydrogen-bond donors (Lipinski definition) is 1. The Bertz CT molecular complexity index is 928. The number of hydrogen-bond acceptors (Lipinski definition) is 6. The molecule has 3 aromatic rings. The van der Waals surface area contributed by atoms with Gasteiger partial charge in [0.1, 0.15) is 0 Å². The van der Waals surface area contributed by atoms with Crippen molar-refractivity contribution in [3.63, 3.8) is 0 Å². The van der Waals surface area contributed by atoms with E-state index in [2.05, 4.69) is 44.5 Å². The summed E-state index contributed by atoms with van der Waals surface area (Å²) in [6.45, 7) is 6.18. The SMILES string of the molecule is OCC12CN(CCCn3cccn3)CC1CN(c1nc(-c3ccccc3)cs1)C2. The molecule has 1 N–H and O–H groups in total. The van der Waals surface area contributed by atoms with Gasteiger partial charge in [-0.25, -0.2) is 4.98 Å². The van der Waals surface area contributed by atoms with Crippen LogP contribution < -0.4 is 4.90 Å². The van der Waals surface area contributed by atoms with Gasteiger partial charge >= 0.3 is 0 Å². The molecule has 2 aliphatic rings. The molecule has 2 fully saturated rings. The van der Waals surface area contributed by atoms with Gasteiger partial charge in [-0.2, -0.15) is 5.10 Å². The summed E-state index contributed by atoms with van der Waals surface area (Å²) in [4.78, 5) is 9.81. The standard InChI is InChI=1S/C22H27N5OS/c28-17-22-15-25(9-5-11-27-10-4-8-23-27)12-19(22)13-26(16-22)21-24-20(14-29-21)18-6-2-1-3-7-18/h1-4,6-8,10,14,19,28H,5,9,11-13,15-17H2. The zero-order chi connectivity index (χ0) is 19.7. The molecule has 6 nitrogen and oxygen atoms in total. The van der Waals surface area contributed by atoms with E-state index in [1.807, 2.05) is 29.2 Å². The van der Waals surface area contributed by atoms with Crippen molar-refractivity contribution < 1.29 is 5.11 Å². The van der Waals surface area contributed by atoms with Crippen LogP contribution in [0.3, 0.4) is 0 Å². The highest BCUT2D eigenvalue weighted by molar-refractivity contribution is 7.14. The number of aromatic nitrogens is 3. The van der Waals surface area contributed by atoms with Gasteiger partial charge in [0.05, 0.1) is 12.3 Å². The van der Waals surface area contributed by atoms with Crippen LogP contribution in [0.2, 0.25) is 0 Å². The van der Waals surface area contributed by atoms with Crippen molar-refractivity contribution >= 4 is 16.5 Å². The van der Waals surface area contributed by atoms with E-state index in [-0.39, 0.29) is 12.0 Å². The van der Waals surface area contributed by atoms with Crippen molar-refractivity contribution in [2.24, 2.45) is 11.3 Å². The molecule has 2 atom stereocenters. The highest BCUT2D eigenvalue weighted by Gasteiger charge is 2.52. The van der Waals surface area contributed by atoms with Gasteiger partial charge in [0.25, 0.3) is 0 Å². The highest BCUT2D eigenvalue weighted by atomic mass is 32.1. The molecule has 5 rings (SSSR count). The fraction of sp³-hybridized carbons (Fsp3) is 0.455. The number of nitrogens with zero attached hydrogens (tertiary/aromatic N) is 5. The Morgan fingerprint density at radius 1 is 1.10 bits per heavy atom. The van der Waals surface area contributed by atoms with Crippen LogP contribution in [-0.4, -0.2) is 64.1 Å². The van der Waals surface area contributed by atoms with Gasteiger partial charge in [0, 0.05) is 61.5 Å². The molecule has 0 saturated carbocycles. The van der Waals surface area contributed by atoms with Gasteiger partial charge in [-0.1, -0.05) is 30.3 Å². The van der Waals surface area contributed by atoms with Gasteiger partial charge in [-0.15, -0.1) is 11.3 Å². The predicted molar refractivity (Wildman–Crippen MR) is 116 cm³/mol. The summed E-state index contributed by atoms with van der Waals surface area (Å²) in [6, 6.07) is 12.3. The molecule has 0 spiro atoms. The minimum absolute atomic E-state index is 0.0235. The first-order valence-corrected chi connectivity index (χ1v) is 11.2. The van der Waals surface area contributed by atoms with Crippen LogP contribution in [0.25, 0.3) is 11.3 Å². The van der Waals surface area contributed by atoms with Crippen LogP contribution in [0.5, 0.6) is 0 Å². The first-order chi connectivity index (χ1) is 14.3. The average molecular weight is 410 g/mol. The maximum absolute atomic E-state index is 10.3. The van der Waals surface area contributed by atoms with E-state index >= 15 is 0 Å². The molecule has 29 heavy (non-hydrogen) atoms. The summed E-state index contributed by atoms with van der Waals surface area (Å²) in [5, 5.41) is 17.8. The third-order valence-electron chi connectivity index (χ3n) is 6.40. The lowest BCUT2D eigenvalue weighted by Crippen LogP contribution is -2.37. The second-order valence-electron chi connectivity index (χ2n) is 8.34. The van der Waals surface area contributed by atoms with Crippen molar-refractivity contribution in [1.29, 1.82) is 0 Å². The van der Waals surface area contributed by atoms with E-state index < -0.39 is 0 Å². The number of likely N-dealkylation sites (tertiary alicyclic amines) is 1. The summed E-state index contributed by atoms with van der Waals surface area (Å²) >= 11 is 1.71. The molecule has 2 unspecified atom stereocenters. The molecule has 7 heteroatoms. The monoisotopic (exact) mass is 409 g/mol. The fourth-order valence-corrected chi connectivity index (χ4v) is 5.72. The Morgan fingerprint density at radius 2 is 2.00 bits per heavy atom. The van der Waals surface area contributed by atoms with Crippen LogP contribution in [0, 0.1) is 11.3 Å². The molecular formula is C22H27N5OS. The highest BCUT2D eigenvalue weighted by Crippen LogP contribution is 2.44. The van der Waals surface area contributed by atoms with Gasteiger partial charge in [0.15, 0.2) is 5.13 Å². The summed E-state index contributed by atoms with van der Waals surface area (Å²) in [5.41, 5.74) is 2.18. The number of aryl methyl sites for hydroxylation is 1. The smallest absolute Gasteiger partial charge is 0.185 e. The molecule has 0 bridgehead atoms. The summed E-state index contributed by atoms with van der Waals surface area (Å²) in [6.07, 6.45) is 4.94. The molecule has 0 amide bonds. The first-order valence-electron chi connectivity index (χ1n) is 10.3. The van der Waals surface area contributed by atoms with E-state index in [1.54, 1.807) is 11.3 Å². The van der Waals surface area contributed by atoms with E-state index in [4.69, 9.17) is 4.98 Å². The normalized spacial score (nSPS) is 24.3. The predicted octanol–water partition coefficient (Wildman–Crippen LogP) is 2.83. The quantitative estimate of drug-likeness (QED) is 0.650. The molecule has 152 valence electrons. The largest absolute Gasteiger partial charge is 0.396 e. The van der Waals surface area contributed by atoms with Crippen molar-refractivity contribution in [3.8, 4) is 11.3 Å². The maximum Gasteiger partial charge on any atom is 0.185 e. The summed E-state index contributed by atoms with van der Waals surface area (Å²) in [7, 11) is 0. The van der Waals surface area contributed by atoms with Gasteiger partial charge in [-0.05, 0) is 24.9 Å². The number of fused-ring (bicyclic) bond motifs is 1. The molecule has 2 aromatic heterocycles. The molecule has 2 aliphatic heterocycles. The molecule has 0 radical (unpaired) electrons. The number of rotatable bonds is 7. The van der Waals surface area contributed by atoms with E-state index in [0.717, 1.165) is 62.1 Å². The van der Waals surface area contributed by atoms with Crippen molar-refractivity contribution in [3.05, 3.63) is 54.2 Å². The van der Waals surface area contributed by atoms with Crippen molar-refractivity contribution in [1.82, 2.24) is 19.7 Å². The lowest BCUT2D eigenvalue weighted by Gasteiger charge is -2.27. The van der Waals surface area contributed by atoms with Crippen LogP contribution in [-0.2, 0) is 6.54 Å². The molecule has 0 aliphatic carbocycles. The van der Waals surface area contributed by atoms with Crippen LogP contribution >= 0.6 is 11.3 Å². The second-order valence-corrected chi connectivity index (χ2v) is 9.17. The lowest BCUT2D eigenvalue weighted by molar-refractivity contribution is 0.126. The Kier molecular flexibility index (Phi) is 5.11. The molecule has 1 aromatic carbocycles. The maximum atomic E-state index is 10.3. The molecular weight excluding hydrogens is 382 g/mol. The average Bonchev–Trinajstić information content (AvgIpc) is 3.52. The van der Waals surface area contributed by atoms with E-state index in [1.165, 1.54) is 0 Å². The number of thiazole rings is 1. The molecule has 4 heterocycles. The number of benzene rings is 1.